The molecule has 0 saturated heterocycles. The Kier molecular flexibility index (Phi) is 5.81. The summed E-state index contributed by atoms with van der Waals surface area (Å²) in [6.45, 7) is 5.37. The normalized spacial score (nSPS) is 11.7. The highest BCUT2D eigenvalue weighted by molar-refractivity contribution is 8.00. The lowest BCUT2D eigenvalue weighted by Gasteiger charge is -2.14. The lowest BCUT2D eigenvalue weighted by Crippen LogP contribution is -2.23. The van der Waals surface area contributed by atoms with E-state index in [4.69, 9.17) is 11.6 Å². The van der Waals surface area contributed by atoms with Crippen LogP contribution >= 0.6 is 23.4 Å². The SMILES string of the molecule is Cc1cc(C)c(C#N)c(SC(C)C(=O)Nc2ccc(F)cc2Cl)n1. The standard InChI is InChI=1S/C17H15ClFN3OS/c1-9-6-10(2)21-17(13(9)8-20)24-11(3)16(23)22-15-5-4-12(19)7-14(15)18/h4-7,11H,1-3H3,(H,22,23). The average Bonchev–Trinajstić information content (AvgIpc) is 2.49. The summed E-state index contributed by atoms with van der Waals surface area (Å²) in [6.07, 6.45) is 0. The first-order chi connectivity index (χ1) is 11.3. The number of anilines is 1. The predicted octanol–water partition coefficient (Wildman–Crippen LogP) is 4.48. The van der Waals surface area contributed by atoms with E-state index in [1.54, 1.807) is 6.92 Å². The van der Waals surface area contributed by atoms with Crippen LogP contribution in [0.5, 0.6) is 0 Å². The van der Waals surface area contributed by atoms with Crippen molar-refractivity contribution in [1.82, 2.24) is 4.98 Å². The van der Waals surface area contributed by atoms with Gasteiger partial charge in [-0.25, -0.2) is 9.37 Å². The third-order valence-electron chi connectivity index (χ3n) is 3.27. The first kappa shape index (κ1) is 18.2. The number of halogens is 2. The molecule has 0 aliphatic carbocycles. The van der Waals surface area contributed by atoms with Crippen molar-refractivity contribution in [2.45, 2.75) is 31.0 Å². The van der Waals surface area contributed by atoms with Crippen LogP contribution in [0.15, 0.2) is 29.3 Å². The molecule has 1 unspecified atom stereocenters. The summed E-state index contributed by atoms with van der Waals surface area (Å²) < 4.78 is 13.0. The fraction of sp³-hybridized carbons (Fsp3) is 0.235. The second-order valence-electron chi connectivity index (χ2n) is 5.25. The molecule has 1 N–H and O–H groups in total. The van der Waals surface area contributed by atoms with Crippen molar-refractivity contribution in [3.8, 4) is 6.07 Å². The molecular weight excluding hydrogens is 349 g/mol. The van der Waals surface area contributed by atoms with Crippen molar-refractivity contribution in [3.63, 3.8) is 0 Å². The molecule has 2 rings (SSSR count). The van der Waals surface area contributed by atoms with Crippen molar-refractivity contribution in [1.29, 1.82) is 5.26 Å². The van der Waals surface area contributed by atoms with Gasteiger partial charge in [0.2, 0.25) is 5.91 Å². The van der Waals surface area contributed by atoms with Crippen molar-refractivity contribution in [3.05, 3.63) is 51.9 Å². The average molecular weight is 364 g/mol. The van der Waals surface area contributed by atoms with Gasteiger partial charge in [0, 0.05) is 5.69 Å². The number of rotatable bonds is 4. The summed E-state index contributed by atoms with van der Waals surface area (Å²) in [5.41, 5.74) is 2.40. The van der Waals surface area contributed by atoms with Crippen LogP contribution in [-0.4, -0.2) is 16.1 Å². The molecule has 0 aliphatic heterocycles. The zero-order chi connectivity index (χ0) is 17.9. The van der Waals surface area contributed by atoms with Gasteiger partial charge in [0.05, 0.1) is 21.5 Å². The molecule has 124 valence electrons. The van der Waals surface area contributed by atoms with Gasteiger partial charge in [-0.15, -0.1) is 0 Å². The number of nitrogens with one attached hydrogen (secondary N) is 1. The zero-order valence-corrected chi connectivity index (χ0v) is 14.9. The summed E-state index contributed by atoms with van der Waals surface area (Å²) in [4.78, 5) is 16.7. The van der Waals surface area contributed by atoms with E-state index in [-0.39, 0.29) is 10.9 Å². The van der Waals surface area contributed by atoms with Crippen LogP contribution in [0.25, 0.3) is 0 Å². The summed E-state index contributed by atoms with van der Waals surface area (Å²) >= 11 is 7.11. The molecule has 24 heavy (non-hydrogen) atoms. The molecule has 0 spiro atoms. The number of benzene rings is 1. The van der Waals surface area contributed by atoms with Crippen molar-refractivity contribution in [2.24, 2.45) is 0 Å². The molecule has 4 nitrogen and oxygen atoms in total. The Labute approximate surface area is 149 Å². The Morgan fingerprint density at radius 2 is 2.12 bits per heavy atom. The van der Waals surface area contributed by atoms with E-state index in [1.807, 2.05) is 19.9 Å². The Hall–Kier alpha value is -2.10. The van der Waals surface area contributed by atoms with Crippen molar-refractivity contribution < 1.29 is 9.18 Å². The molecule has 1 amide bonds. The number of nitrogens with zero attached hydrogens (tertiary/aromatic N) is 2. The van der Waals surface area contributed by atoms with Gasteiger partial charge in [-0.1, -0.05) is 23.4 Å². The number of aromatic nitrogens is 1. The highest BCUT2D eigenvalue weighted by Gasteiger charge is 2.19. The van der Waals surface area contributed by atoms with E-state index in [2.05, 4.69) is 16.4 Å². The molecular formula is C17H15ClFN3OS. The topological polar surface area (TPSA) is 65.8 Å². The Bertz CT molecular complexity index is 835. The number of aryl methyl sites for hydroxylation is 2. The summed E-state index contributed by atoms with van der Waals surface area (Å²) in [5, 5.41) is 12.1. The van der Waals surface area contributed by atoms with Gasteiger partial charge < -0.3 is 5.32 Å². The molecule has 0 radical (unpaired) electrons. The van der Waals surface area contributed by atoms with Gasteiger partial charge >= 0.3 is 0 Å². The molecule has 0 saturated carbocycles. The number of pyridine rings is 1. The smallest absolute Gasteiger partial charge is 0.237 e. The van der Waals surface area contributed by atoms with Gasteiger partial charge in [0.15, 0.2) is 0 Å². The van der Waals surface area contributed by atoms with Crippen LogP contribution in [-0.2, 0) is 4.79 Å². The quantitative estimate of drug-likeness (QED) is 0.813. The minimum absolute atomic E-state index is 0.128. The van der Waals surface area contributed by atoms with E-state index in [0.717, 1.165) is 17.3 Å². The molecule has 0 fully saturated rings. The van der Waals surface area contributed by atoms with Crippen LogP contribution in [0, 0.1) is 31.0 Å². The van der Waals surface area contributed by atoms with Crippen LogP contribution in [0.4, 0.5) is 10.1 Å². The van der Waals surface area contributed by atoms with Gasteiger partial charge in [-0.3, -0.25) is 4.79 Å². The fourth-order valence-corrected chi connectivity index (χ4v) is 3.31. The Balaban J connectivity index is 2.16. The van der Waals surface area contributed by atoms with E-state index < -0.39 is 11.1 Å². The van der Waals surface area contributed by atoms with E-state index in [9.17, 15) is 14.4 Å². The maximum atomic E-state index is 13.0. The maximum absolute atomic E-state index is 13.0. The van der Waals surface area contributed by atoms with Gasteiger partial charge in [-0.2, -0.15) is 5.26 Å². The summed E-state index contributed by atoms with van der Waals surface area (Å²) in [6, 6.07) is 7.71. The third kappa shape index (κ3) is 4.25. The Morgan fingerprint density at radius 1 is 1.42 bits per heavy atom. The number of nitriles is 1. The number of hydrogen-bond acceptors (Lipinski definition) is 4. The lowest BCUT2D eigenvalue weighted by atomic mass is 10.1. The number of hydrogen-bond donors (Lipinski definition) is 1. The first-order valence-electron chi connectivity index (χ1n) is 7.12. The molecule has 0 bridgehead atoms. The molecule has 1 aromatic heterocycles. The second-order valence-corrected chi connectivity index (χ2v) is 6.98. The lowest BCUT2D eigenvalue weighted by molar-refractivity contribution is -0.115. The number of amides is 1. The van der Waals surface area contributed by atoms with E-state index in [1.165, 1.54) is 23.9 Å². The van der Waals surface area contributed by atoms with Gasteiger partial charge in [0.1, 0.15) is 16.9 Å². The zero-order valence-electron chi connectivity index (χ0n) is 13.4. The van der Waals surface area contributed by atoms with Gasteiger partial charge in [-0.05, 0) is 50.6 Å². The van der Waals surface area contributed by atoms with E-state index in [0.29, 0.717) is 16.3 Å². The highest BCUT2D eigenvalue weighted by Crippen LogP contribution is 2.29. The molecule has 1 atom stereocenters. The third-order valence-corrected chi connectivity index (χ3v) is 4.67. The van der Waals surface area contributed by atoms with Crippen molar-refractivity contribution >= 4 is 35.0 Å². The molecule has 7 heteroatoms. The minimum Gasteiger partial charge on any atom is -0.324 e. The van der Waals surface area contributed by atoms with Crippen molar-refractivity contribution in [2.75, 3.05) is 5.32 Å². The largest absolute Gasteiger partial charge is 0.324 e. The molecule has 2 aromatic rings. The van der Waals surface area contributed by atoms with Gasteiger partial charge in [0.25, 0.3) is 0 Å². The number of carbonyl (C=O) groups is 1. The highest BCUT2D eigenvalue weighted by atomic mass is 35.5. The van der Waals surface area contributed by atoms with E-state index >= 15 is 0 Å². The summed E-state index contributed by atoms with van der Waals surface area (Å²) in [5.74, 6) is -0.781. The monoisotopic (exact) mass is 363 g/mol. The second kappa shape index (κ2) is 7.65. The Morgan fingerprint density at radius 3 is 2.75 bits per heavy atom. The predicted molar refractivity (Wildman–Crippen MR) is 93.8 cm³/mol. The number of carbonyl (C=O) groups excluding carboxylic acids is 1. The fourth-order valence-electron chi connectivity index (χ4n) is 2.07. The molecule has 1 heterocycles. The number of thioether (sulfide) groups is 1. The van der Waals surface area contributed by atoms with Crippen LogP contribution in [0.1, 0.15) is 23.7 Å². The minimum atomic E-state index is -0.507. The summed E-state index contributed by atoms with van der Waals surface area (Å²) in [7, 11) is 0. The van der Waals surface area contributed by atoms with Crippen LogP contribution in [0.3, 0.4) is 0 Å². The van der Waals surface area contributed by atoms with Crippen LogP contribution in [0.2, 0.25) is 5.02 Å². The molecule has 0 aliphatic rings. The molecule has 1 aromatic carbocycles. The maximum Gasteiger partial charge on any atom is 0.237 e. The van der Waals surface area contributed by atoms with Crippen LogP contribution < -0.4 is 5.32 Å². The first-order valence-corrected chi connectivity index (χ1v) is 8.38.